The molecule has 0 saturated carbocycles. The number of hydrogen-bond donors (Lipinski definition) is 1. The van der Waals surface area contributed by atoms with Crippen LogP contribution in [0.25, 0.3) is 0 Å². The van der Waals surface area contributed by atoms with E-state index < -0.39 is 0 Å². The van der Waals surface area contributed by atoms with Crippen LogP contribution in [0.4, 0.5) is 0 Å². The molecular weight excluding hydrogens is 142 g/mol. The Labute approximate surface area is 67.2 Å². The summed E-state index contributed by atoms with van der Waals surface area (Å²) in [6, 6.07) is 0. The molecule has 3 nitrogen and oxygen atoms in total. The highest BCUT2D eigenvalue weighted by atomic mass is 16.5. The zero-order valence-electron chi connectivity index (χ0n) is 7.26. The molecule has 0 radical (unpaired) electrons. The summed E-state index contributed by atoms with van der Waals surface area (Å²) < 4.78 is 4.67. The van der Waals surface area contributed by atoms with Gasteiger partial charge in [-0.1, -0.05) is 13.8 Å². The Morgan fingerprint density at radius 2 is 2.18 bits per heavy atom. The van der Waals surface area contributed by atoms with Crippen molar-refractivity contribution in [3.8, 4) is 0 Å². The van der Waals surface area contributed by atoms with Crippen LogP contribution in [-0.2, 0) is 9.53 Å². The van der Waals surface area contributed by atoms with Crippen molar-refractivity contribution in [3.63, 3.8) is 0 Å². The van der Waals surface area contributed by atoms with E-state index in [4.69, 9.17) is 5.73 Å². The first-order valence-electron chi connectivity index (χ1n) is 3.71. The van der Waals surface area contributed by atoms with Gasteiger partial charge in [-0.25, -0.2) is 4.79 Å². The predicted octanol–water partition coefficient (Wildman–Crippen LogP) is 1.05. The summed E-state index contributed by atoms with van der Waals surface area (Å²) in [5.41, 5.74) is 6.07. The average molecular weight is 157 g/mol. The van der Waals surface area contributed by atoms with E-state index >= 15 is 0 Å². The fourth-order valence-corrected chi connectivity index (χ4v) is 0.487. The van der Waals surface area contributed by atoms with E-state index in [-0.39, 0.29) is 11.9 Å². The maximum absolute atomic E-state index is 10.8. The predicted molar refractivity (Wildman–Crippen MR) is 43.7 cm³/mol. The molecule has 0 spiro atoms. The lowest BCUT2D eigenvalue weighted by Crippen LogP contribution is -2.09. The summed E-state index contributed by atoms with van der Waals surface area (Å²) in [6.45, 7) is 5.99. The summed E-state index contributed by atoms with van der Waals surface area (Å²) in [4.78, 5) is 10.8. The van der Waals surface area contributed by atoms with Gasteiger partial charge in [0.15, 0.2) is 0 Å². The molecule has 0 saturated heterocycles. The van der Waals surface area contributed by atoms with Crippen LogP contribution < -0.4 is 5.73 Å². The highest BCUT2D eigenvalue weighted by Crippen LogP contribution is 2.01. The van der Waals surface area contributed by atoms with Gasteiger partial charge in [0, 0.05) is 11.8 Å². The van der Waals surface area contributed by atoms with E-state index in [1.54, 1.807) is 6.92 Å². The van der Waals surface area contributed by atoms with Gasteiger partial charge in [-0.3, -0.25) is 0 Å². The highest BCUT2D eigenvalue weighted by molar-refractivity contribution is 5.82. The quantitative estimate of drug-likeness (QED) is 0.492. The van der Waals surface area contributed by atoms with E-state index in [1.165, 1.54) is 6.08 Å². The molecule has 0 rings (SSSR count). The molecule has 0 atom stereocenters. The molecule has 11 heavy (non-hydrogen) atoms. The first-order valence-corrected chi connectivity index (χ1v) is 3.71. The second kappa shape index (κ2) is 4.77. The lowest BCUT2D eigenvalue weighted by atomic mass is 10.1. The van der Waals surface area contributed by atoms with Gasteiger partial charge in [0.1, 0.15) is 0 Å². The van der Waals surface area contributed by atoms with Crippen molar-refractivity contribution >= 4 is 5.97 Å². The molecule has 0 unspecified atom stereocenters. The molecule has 0 aliphatic heterocycles. The zero-order valence-corrected chi connectivity index (χ0v) is 7.26. The minimum Gasteiger partial charge on any atom is -0.463 e. The number of ether oxygens (including phenoxy) is 1. The van der Waals surface area contributed by atoms with Crippen LogP contribution in [0.2, 0.25) is 0 Å². The van der Waals surface area contributed by atoms with Gasteiger partial charge in [0.05, 0.1) is 6.61 Å². The number of rotatable bonds is 3. The van der Waals surface area contributed by atoms with Crippen LogP contribution >= 0.6 is 0 Å². The molecular formula is C8H15NO2. The third-order valence-electron chi connectivity index (χ3n) is 1.24. The van der Waals surface area contributed by atoms with Crippen LogP contribution in [0.1, 0.15) is 20.8 Å². The van der Waals surface area contributed by atoms with Crippen molar-refractivity contribution in [3.05, 3.63) is 11.8 Å². The van der Waals surface area contributed by atoms with Gasteiger partial charge in [-0.15, -0.1) is 0 Å². The fourth-order valence-electron chi connectivity index (χ4n) is 0.487. The number of nitrogens with two attached hydrogens (primary N) is 1. The Balaban J connectivity index is 3.97. The van der Waals surface area contributed by atoms with Gasteiger partial charge in [0.25, 0.3) is 0 Å². The topological polar surface area (TPSA) is 52.3 Å². The van der Waals surface area contributed by atoms with Gasteiger partial charge >= 0.3 is 5.97 Å². The first kappa shape index (κ1) is 10.0. The third-order valence-corrected chi connectivity index (χ3v) is 1.24. The lowest BCUT2D eigenvalue weighted by molar-refractivity contribution is -0.137. The number of esters is 1. The Morgan fingerprint density at radius 1 is 1.64 bits per heavy atom. The van der Waals surface area contributed by atoms with E-state index in [1.807, 2.05) is 13.8 Å². The first-order chi connectivity index (χ1) is 5.07. The third kappa shape index (κ3) is 4.42. The number of hydrogen-bond acceptors (Lipinski definition) is 3. The molecule has 0 amide bonds. The number of allylic oxidation sites excluding steroid dienone is 1. The molecule has 0 bridgehead atoms. The van der Waals surface area contributed by atoms with E-state index in [0.29, 0.717) is 12.3 Å². The van der Waals surface area contributed by atoms with Gasteiger partial charge in [0.2, 0.25) is 0 Å². The second-order valence-electron chi connectivity index (χ2n) is 2.55. The van der Waals surface area contributed by atoms with Crippen molar-refractivity contribution in [2.45, 2.75) is 20.8 Å². The summed E-state index contributed by atoms with van der Waals surface area (Å²) in [5.74, 6) is -0.168. The van der Waals surface area contributed by atoms with Crippen LogP contribution in [0.3, 0.4) is 0 Å². The molecule has 0 aromatic heterocycles. The van der Waals surface area contributed by atoms with Gasteiger partial charge < -0.3 is 10.5 Å². The molecule has 0 aromatic rings. The van der Waals surface area contributed by atoms with Crippen LogP contribution in [-0.4, -0.2) is 12.6 Å². The highest BCUT2D eigenvalue weighted by Gasteiger charge is 2.01. The van der Waals surface area contributed by atoms with Crippen molar-refractivity contribution in [1.29, 1.82) is 0 Å². The fraction of sp³-hybridized carbons (Fsp3) is 0.625. The molecule has 0 aliphatic carbocycles. The molecule has 0 aromatic carbocycles. The minimum absolute atomic E-state index is 0.194. The molecule has 0 aliphatic rings. The maximum Gasteiger partial charge on any atom is 0.332 e. The van der Waals surface area contributed by atoms with E-state index in [2.05, 4.69) is 4.74 Å². The van der Waals surface area contributed by atoms with Gasteiger partial charge in [-0.05, 0) is 12.8 Å². The SMILES string of the molecule is CCOC(=O)/C=C(/N)C(C)C. The summed E-state index contributed by atoms with van der Waals surface area (Å²) in [6.07, 6.45) is 1.33. The summed E-state index contributed by atoms with van der Waals surface area (Å²) in [5, 5.41) is 0. The number of carbonyl (C=O) groups is 1. The Bertz CT molecular complexity index is 161. The largest absolute Gasteiger partial charge is 0.463 e. The van der Waals surface area contributed by atoms with Crippen molar-refractivity contribution in [1.82, 2.24) is 0 Å². The maximum atomic E-state index is 10.8. The van der Waals surface area contributed by atoms with E-state index in [0.717, 1.165) is 0 Å². The normalized spacial score (nSPS) is 11.8. The van der Waals surface area contributed by atoms with Crippen LogP contribution in [0.5, 0.6) is 0 Å². The van der Waals surface area contributed by atoms with Crippen molar-refractivity contribution in [2.24, 2.45) is 11.7 Å². The summed E-state index contributed by atoms with van der Waals surface area (Å²) in [7, 11) is 0. The Kier molecular flexibility index (Phi) is 4.34. The lowest BCUT2D eigenvalue weighted by Gasteiger charge is -2.03. The number of carbonyl (C=O) groups excluding carboxylic acids is 1. The molecule has 2 N–H and O–H groups in total. The van der Waals surface area contributed by atoms with Crippen LogP contribution in [0.15, 0.2) is 11.8 Å². The monoisotopic (exact) mass is 157 g/mol. The Morgan fingerprint density at radius 3 is 2.55 bits per heavy atom. The molecule has 64 valence electrons. The summed E-state index contributed by atoms with van der Waals surface area (Å²) >= 11 is 0. The molecule has 3 heteroatoms. The smallest absolute Gasteiger partial charge is 0.332 e. The van der Waals surface area contributed by atoms with Crippen LogP contribution in [0, 0.1) is 5.92 Å². The average Bonchev–Trinajstić information content (AvgIpc) is 1.87. The van der Waals surface area contributed by atoms with Crippen molar-refractivity contribution < 1.29 is 9.53 Å². The minimum atomic E-state index is -0.362. The molecule has 0 fully saturated rings. The standard InChI is InChI=1S/C8H15NO2/c1-4-11-8(10)5-7(9)6(2)3/h5-6H,4,9H2,1-3H3/b7-5+. The van der Waals surface area contributed by atoms with E-state index in [9.17, 15) is 4.79 Å². The van der Waals surface area contributed by atoms with Crippen molar-refractivity contribution in [2.75, 3.05) is 6.61 Å². The Hall–Kier alpha value is -0.990. The molecule has 0 heterocycles. The van der Waals surface area contributed by atoms with Gasteiger partial charge in [-0.2, -0.15) is 0 Å². The zero-order chi connectivity index (χ0) is 8.85. The second-order valence-corrected chi connectivity index (χ2v) is 2.55.